The Kier molecular flexibility index (Phi) is 9.19. The summed E-state index contributed by atoms with van der Waals surface area (Å²) in [5.41, 5.74) is 1.62. The summed E-state index contributed by atoms with van der Waals surface area (Å²) >= 11 is 12.8. The third kappa shape index (κ3) is 6.61. The van der Waals surface area contributed by atoms with Gasteiger partial charge in [0.15, 0.2) is 18.1 Å². The fraction of sp³-hybridized carbons (Fsp3) is 0.185. The quantitative estimate of drug-likeness (QED) is 0.209. The molecule has 0 radical (unpaired) electrons. The minimum atomic E-state index is -0.342. The standard InChI is InChI=1S/C27H23Br2ClN4O4/c1-3-4-24-33-22-10-5-17(28)13-20(22)27(36)34(24)31-14-16-11-21(29)26(23(12-16)37-2)38-15-25(35)32-19-8-6-18(30)7-9-19/h5-14H,3-4,15H2,1-2H3,(H,32,35). The lowest BCUT2D eigenvalue weighted by molar-refractivity contribution is -0.118. The number of rotatable bonds is 9. The van der Waals surface area contributed by atoms with Crippen LogP contribution in [0.2, 0.25) is 5.02 Å². The molecule has 0 saturated carbocycles. The number of anilines is 1. The lowest BCUT2D eigenvalue weighted by atomic mass is 10.2. The SMILES string of the molecule is CCCc1nc2ccc(Br)cc2c(=O)n1N=Cc1cc(Br)c(OCC(=O)Nc2ccc(Cl)cc2)c(OC)c1. The van der Waals surface area contributed by atoms with E-state index in [-0.39, 0.29) is 18.1 Å². The Balaban J connectivity index is 1.57. The highest BCUT2D eigenvalue weighted by atomic mass is 79.9. The van der Waals surface area contributed by atoms with E-state index in [2.05, 4.69) is 47.3 Å². The molecule has 0 unspecified atom stereocenters. The van der Waals surface area contributed by atoms with Gasteiger partial charge in [-0.3, -0.25) is 9.59 Å². The number of halogens is 3. The Morgan fingerprint density at radius 2 is 1.92 bits per heavy atom. The summed E-state index contributed by atoms with van der Waals surface area (Å²) in [5.74, 6) is 0.977. The topological polar surface area (TPSA) is 94.8 Å². The highest BCUT2D eigenvalue weighted by molar-refractivity contribution is 9.10. The first kappa shape index (κ1) is 27.8. The van der Waals surface area contributed by atoms with Crippen molar-refractivity contribution in [1.29, 1.82) is 0 Å². The van der Waals surface area contributed by atoms with E-state index in [1.54, 1.807) is 48.7 Å². The van der Waals surface area contributed by atoms with Crippen LogP contribution < -0.4 is 20.3 Å². The van der Waals surface area contributed by atoms with Gasteiger partial charge in [-0.1, -0.05) is 34.5 Å². The Labute approximate surface area is 240 Å². The van der Waals surface area contributed by atoms with Crippen molar-refractivity contribution in [1.82, 2.24) is 9.66 Å². The van der Waals surface area contributed by atoms with Gasteiger partial charge < -0.3 is 14.8 Å². The van der Waals surface area contributed by atoms with Gasteiger partial charge in [-0.15, -0.1) is 0 Å². The number of carbonyl (C=O) groups is 1. The molecule has 11 heteroatoms. The van der Waals surface area contributed by atoms with Crippen LogP contribution in [0.25, 0.3) is 10.9 Å². The number of carbonyl (C=O) groups excluding carboxylic acids is 1. The maximum absolute atomic E-state index is 13.2. The van der Waals surface area contributed by atoms with Crippen molar-refractivity contribution in [2.45, 2.75) is 19.8 Å². The van der Waals surface area contributed by atoms with Crippen LogP contribution in [-0.4, -0.2) is 35.5 Å². The first-order valence-electron chi connectivity index (χ1n) is 11.6. The number of fused-ring (bicyclic) bond motifs is 1. The first-order chi connectivity index (χ1) is 18.3. The lowest BCUT2D eigenvalue weighted by Crippen LogP contribution is -2.22. The second kappa shape index (κ2) is 12.6. The highest BCUT2D eigenvalue weighted by Gasteiger charge is 2.15. The third-order valence-corrected chi connectivity index (χ3v) is 6.73. The zero-order valence-electron chi connectivity index (χ0n) is 20.5. The van der Waals surface area contributed by atoms with Crippen LogP contribution in [0, 0.1) is 0 Å². The minimum Gasteiger partial charge on any atom is -0.493 e. The number of hydrogen-bond donors (Lipinski definition) is 1. The third-order valence-electron chi connectivity index (χ3n) is 5.40. The van der Waals surface area contributed by atoms with Gasteiger partial charge >= 0.3 is 0 Å². The first-order valence-corrected chi connectivity index (χ1v) is 13.6. The zero-order valence-corrected chi connectivity index (χ0v) is 24.4. The molecule has 1 heterocycles. The van der Waals surface area contributed by atoms with Crippen LogP contribution in [0.3, 0.4) is 0 Å². The summed E-state index contributed by atoms with van der Waals surface area (Å²) in [6, 6.07) is 15.6. The molecule has 0 atom stereocenters. The molecule has 0 bridgehead atoms. The molecule has 1 N–H and O–H groups in total. The van der Waals surface area contributed by atoms with E-state index in [0.29, 0.717) is 55.4 Å². The van der Waals surface area contributed by atoms with Gasteiger partial charge in [-0.25, -0.2) is 4.98 Å². The molecule has 0 aliphatic rings. The maximum atomic E-state index is 13.2. The number of methoxy groups -OCH3 is 1. The van der Waals surface area contributed by atoms with E-state index in [4.69, 9.17) is 21.1 Å². The lowest BCUT2D eigenvalue weighted by Gasteiger charge is -2.14. The number of benzene rings is 3. The van der Waals surface area contributed by atoms with Gasteiger partial charge in [-0.05, 0) is 82.5 Å². The normalized spacial score (nSPS) is 11.2. The molecular formula is C27H23Br2ClN4O4. The fourth-order valence-corrected chi connectivity index (χ4v) is 4.71. The second-order valence-corrected chi connectivity index (χ2v) is 10.4. The number of amides is 1. The molecule has 0 spiro atoms. The van der Waals surface area contributed by atoms with Gasteiger partial charge in [0.1, 0.15) is 5.82 Å². The van der Waals surface area contributed by atoms with Gasteiger partial charge in [0.2, 0.25) is 0 Å². The average molecular weight is 663 g/mol. The molecule has 4 aromatic rings. The van der Waals surface area contributed by atoms with E-state index in [1.807, 2.05) is 19.1 Å². The molecule has 0 saturated heterocycles. The van der Waals surface area contributed by atoms with Crippen molar-refractivity contribution in [2.24, 2.45) is 5.10 Å². The van der Waals surface area contributed by atoms with Crippen LogP contribution in [0.5, 0.6) is 11.5 Å². The maximum Gasteiger partial charge on any atom is 0.282 e. The van der Waals surface area contributed by atoms with Crippen LogP contribution in [-0.2, 0) is 11.2 Å². The van der Waals surface area contributed by atoms with E-state index in [9.17, 15) is 9.59 Å². The van der Waals surface area contributed by atoms with Crippen LogP contribution in [0.4, 0.5) is 5.69 Å². The predicted molar refractivity (Wildman–Crippen MR) is 157 cm³/mol. The summed E-state index contributed by atoms with van der Waals surface area (Å²) < 4.78 is 13.9. The van der Waals surface area contributed by atoms with Gasteiger partial charge in [0, 0.05) is 21.6 Å². The molecular weight excluding hydrogens is 640 g/mol. The molecule has 3 aromatic carbocycles. The molecule has 0 aliphatic carbocycles. The summed E-state index contributed by atoms with van der Waals surface area (Å²) in [7, 11) is 1.50. The zero-order chi connectivity index (χ0) is 27.2. The summed E-state index contributed by atoms with van der Waals surface area (Å²) in [5, 5.41) is 8.25. The highest BCUT2D eigenvalue weighted by Crippen LogP contribution is 2.36. The molecule has 1 aromatic heterocycles. The number of ether oxygens (including phenoxy) is 2. The smallest absolute Gasteiger partial charge is 0.282 e. The van der Waals surface area contributed by atoms with Crippen LogP contribution in [0.15, 0.2) is 73.4 Å². The fourth-order valence-electron chi connectivity index (χ4n) is 3.65. The van der Waals surface area contributed by atoms with Crippen LogP contribution in [0.1, 0.15) is 24.7 Å². The molecule has 8 nitrogen and oxygen atoms in total. The summed E-state index contributed by atoms with van der Waals surface area (Å²) in [6.07, 6.45) is 2.95. The van der Waals surface area contributed by atoms with Gasteiger partial charge in [0.05, 0.1) is 28.7 Å². The number of aromatic nitrogens is 2. The molecule has 0 fully saturated rings. The Morgan fingerprint density at radius 3 is 2.63 bits per heavy atom. The minimum absolute atomic E-state index is 0.237. The van der Waals surface area contributed by atoms with E-state index in [0.717, 1.165) is 10.9 Å². The molecule has 196 valence electrons. The van der Waals surface area contributed by atoms with E-state index in [1.165, 1.54) is 11.8 Å². The molecule has 4 rings (SSSR count). The number of hydrogen-bond acceptors (Lipinski definition) is 6. The van der Waals surface area contributed by atoms with Gasteiger partial charge in [0.25, 0.3) is 11.5 Å². The number of aryl methyl sites for hydroxylation is 1. The second-order valence-electron chi connectivity index (χ2n) is 8.18. The summed E-state index contributed by atoms with van der Waals surface area (Å²) in [4.78, 5) is 30.2. The van der Waals surface area contributed by atoms with Crippen molar-refractivity contribution in [3.63, 3.8) is 0 Å². The van der Waals surface area contributed by atoms with Crippen molar-refractivity contribution in [2.75, 3.05) is 19.0 Å². The molecule has 0 aliphatic heterocycles. The Hall–Kier alpha value is -3.21. The van der Waals surface area contributed by atoms with Crippen molar-refractivity contribution in [3.05, 3.63) is 90.3 Å². The molecule has 38 heavy (non-hydrogen) atoms. The summed E-state index contributed by atoms with van der Waals surface area (Å²) in [6.45, 7) is 1.78. The monoisotopic (exact) mass is 660 g/mol. The number of nitrogens with zero attached hydrogens (tertiary/aromatic N) is 3. The largest absolute Gasteiger partial charge is 0.493 e. The van der Waals surface area contributed by atoms with E-state index >= 15 is 0 Å². The van der Waals surface area contributed by atoms with Crippen molar-refractivity contribution < 1.29 is 14.3 Å². The average Bonchev–Trinajstić information content (AvgIpc) is 2.89. The Bertz CT molecular complexity index is 1570. The number of nitrogens with one attached hydrogen (secondary N) is 1. The van der Waals surface area contributed by atoms with Gasteiger partial charge in [-0.2, -0.15) is 9.78 Å². The van der Waals surface area contributed by atoms with E-state index < -0.39 is 0 Å². The predicted octanol–water partition coefficient (Wildman–Crippen LogP) is 6.44. The van der Waals surface area contributed by atoms with Crippen LogP contribution >= 0.6 is 43.5 Å². The Morgan fingerprint density at radius 1 is 1.16 bits per heavy atom. The van der Waals surface area contributed by atoms with Crippen molar-refractivity contribution >= 4 is 72.2 Å². The molecule has 1 amide bonds. The van der Waals surface area contributed by atoms with Crippen molar-refractivity contribution in [3.8, 4) is 11.5 Å².